The van der Waals surface area contributed by atoms with Gasteiger partial charge in [-0.2, -0.15) is 0 Å². The third kappa shape index (κ3) is 2.02. The van der Waals surface area contributed by atoms with Crippen molar-refractivity contribution < 1.29 is 15.0 Å². The predicted molar refractivity (Wildman–Crippen MR) is 44.1 cm³/mol. The summed E-state index contributed by atoms with van der Waals surface area (Å²) in [5.74, 6) is -1.02. The fourth-order valence-electron chi connectivity index (χ4n) is 0.896. The first kappa shape index (κ1) is 9.15. The normalized spacial score (nSPS) is 12.8. The highest BCUT2D eigenvalue weighted by Crippen LogP contribution is 2.21. The molecule has 1 aromatic heterocycles. The highest BCUT2D eigenvalue weighted by Gasteiger charge is 2.16. The van der Waals surface area contributed by atoms with Crippen molar-refractivity contribution in [3.8, 4) is 0 Å². The number of rotatable bonds is 3. The maximum absolute atomic E-state index is 10.2. The second-order valence-corrected chi connectivity index (χ2v) is 3.47. The molecule has 2 N–H and O–H groups in total. The number of aryl methyl sites for hydroxylation is 1. The standard InChI is InChI=1S/C7H9NO3S/c1-4-7(8-3-12-4)5(9)2-6(10)11/h3,5,9H,2H2,1H3,(H,10,11). The number of carboxylic acid groups (broad SMARTS) is 1. The Morgan fingerprint density at radius 1 is 1.83 bits per heavy atom. The maximum Gasteiger partial charge on any atom is 0.306 e. The third-order valence-corrected chi connectivity index (χ3v) is 2.24. The molecule has 0 saturated carbocycles. The van der Waals surface area contributed by atoms with Gasteiger partial charge in [0.05, 0.1) is 17.6 Å². The first-order valence-corrected chi connectivity index (χ1v) is 4.29. The first-order valence-electron chi connectivity index (χ1n) is 3.41. The van der Waals surface area contributed by atoms with Gasteiger partial charge in [0.15, 0.2) is 0 Å². The summed E-state index contributed by atoms with van der Waals surface area (Å²) in [7, 11) is 0. The molecule has 4 nitrogen and oxygen atoms in total. The van der Waals surface area contributed by atoms with Gasteiger partial charge in [-0.3, -0.25) is 4.79 Å². The summed E-state index contributed by atoms with van der Waals surface area (Å²) < 4.78 is 0. The lowest BCUT2D eigenvalue weighted by molar-refractivity contribution is -0.139. The molecule has 0 aromatic carbocycles. The van der Waals surface area contributed by atoms with E-state index in [1.165, 1.54) is 11.3 Å². The van der Waals surface area contributed by atoms with E-state index in [4.69, 9.17) is 5.11 Å². The molecule has 0 amide bonds. The van der Waals surface area contributed by atoms with Gasteiger partial charge in [0.25, 0.3) is 0 Å². The van der Waals surface area contributed by atoms with Gasteiger partial charge < -0.3 is 10.2 Å². The van der Waals surface area contributed by atoms with Crippen LogP contribution in [-0.4, -0.2) is 21.2 Å². The molecule has 0 aliphatic carbocycles. The van der Waals surface area contributed by atoms with E-state index in [0.717, 1.165) is 4.88 Å². The van der Waals surface area contributed by atoms with Crippen molar-refractivity contribution in [1.29, 1.82) is 0 Å². The van der Waals surface area contributed by atoms with Crippen LogP contribution in [-0.2, 0) is 4.79 Å². The smallest absolute Gasteiger partial charge is 0.306 e. The van der Waals surface area contributed by atoms with Crippen molar-refractivity contribution in [2.45, 2.75) is 19.4 Å². The summed E-state index contributed by atoms with van der Waals surface area (Å²) in [6, 6.07) is 0. The maximum atomic E-state index is 10.2. The van der Waals surface area contributed by atoms with Crippen LogP contribution in [0, 0.1) is 6.92 Å². The lowest BCUT2D eigenvalue weighted by Gasteiger charge is -2.04. The van der Waals surface area contributed by atoms with Gasteiger partial charge in [0.2, 0.25) is 0 Å². The molecule has 5 heteroatoms. The quantitative estimate of drug-likeness (QED) is 0.739. The summed E-state index contributed by atoms with van der Waals surface area (Å²) in [5.41, 5.74) is 2.07. The Kier molecular flexibility index (Phi) is 2.78. The van der Waals surface area contributed by atoms with Crippen molar-refractivity contribution in [1.82, 2.24) is 4.98 Å². The summed E-state index contributed by atoms with van der Waals surface area (Å²) in [6.45, 7) is 1.80. The zero-order valence-corrected chi connectivity index (χ0v) is 7.34. The molecule has 1 rings (SSSR count). The van der Waals surface area contributed by atoms with Crippen molar-refractivity contribution in [3.05, 3.63) is 16.1 Å². The lowest BCUT2D eigenvalue weighted by Crippen LogP contribution is -2.06. The van der Waals surface area contributed by atoms with Gasteiger partial charge in [-0.1, -0.05) is 0 Å². The second kappa shape index (κ2) is 3.64. The van der Waals surface area contributed by atoms with Crippen LogP contribution in [0.3, 0.4) is 0 Å². The van der Waals surface area contributed by atoms with Crippen LogP contribution in [0.4, 0.5) is 0 Å². The van der Waals surface area contributed by atoms with E-state index in [2.05, 4.69) is 4.98 Å². The molecule has 0 fully saturated rings. The Bertz CT molecular complexity index is 284. The lowest BCUT2D eigenvalue weighted by atomic mass is 10.2. The number of hydrogen-bond acceptors (Lipinski definition) is 4. The van der Waals surface area contributed by atoms with Crippen LogP contribution in [0.5, 0.6) is 0 Å². The summed E-state index contributed by atoms with van der Waals surface area (Å²) in [5, 5.41) is 17.7. The molecule has 1 aromatic rings. The predicted octanol–water partition coefficient (Wildman–Crippen LogP) is 0.960. The fourth-order valence-corrected chi connectivity index (χ4v) is 1.53. The monoisotopic (exact) mass is 187 g/mol. The van der Waals surface area contributed by atoms with E-state index in [0.29, 0.717) is 5.69 Å². The Hall–Kier alpha value is -0.940. The van der Waals surface area contributed by atoms with Gasteiger partial charge >= 0.3 is 5.97 Å². The van der Waals surface area contributed by atoms with Gasteiger partial charge in [-0.25, -0.2) is 4.98 Å². The van der Waals surface area contributed by atoms with Crippen molar-refractivity contribution in [2.24, 2.45) is 0 Å². The molecule has 0 aliphatic rings. The number of hydrogen-bond donors (Lipinski definition) is 2. The number of carbonyl (C=O) groups is 1. The number of carboxylic acids is 1. The number of aliphatic hydroxyl groups excluding tert-OH is 1. The summed E-state index contributed by atoms with van der Waals surface area (Å²) in [6.07, 6.45) is -1.27. The molecule has 1 atom stereocenters. The molecule has 0 radical (unpaired) electrons. The van der Waals surface area contributed by atoms with E-state index in [1.807, 2.05) is 0 Å². The van der Waals surface area contributed by atoms with E-state index in [-0.39, 0.29) is 6.42 Å². The van der Waals surface area contributed by atoms with E-state index in [9.17, 15) is 9.90 Å². The Morgan fingerprint density at radius 3 is 2.92 bits per heavy atom. The molecule has 1 unspecified atom stereocenters. The Morgan fingerprint density at radius 2 is 2.50 bits per heavy atom. The van der Waals surface area contributed by atoms with Crippen LogP contribution in [0.1, 0.15) is 23.1 Å². The molecular weight excluding hydrogens is 178 g/mol. The average molecular weight is 187 g/mol. The molecule has 0 bridgehead atoms. The highest BCUT2D eigenvalue weighted by atomic mass is 32.1. The van der Waals surface area contributed by atoms with Crippen molar-refractivity contribution >= 4 is 17.3 Å². The first-order chi connectivity index (χ1) is 5.61. The van der Waals surface area contributed by atoms with Crippen LogP contribution in [0.25, 0.3) is 0 Å². The van der Waals surface area contributed by atoms with Gasteiger partial charge in [-0.15, -0.1) is 11.3 Å². The third-order valence-electron chi connectivity index (χ3n) is 1.47. The van der Waals surface area contributed by atoms with Gasteiger partial charge in [0, 0.05) is 4.88 Å². The van der Waals surface area contributed by atoms with Crippen LogP contribution >= 0.6 is 11.3 Å². The largest absolute Gasteiger partial charge is 0.481 e. The number of thiazole rings is 1. The Labute approximate surface area is 73.5 Å². The van der Waals surface area contributed by atoms with Crippen molar-refractivity contribution in [2.75, 3.05) is 0 Å². The number of aliphatic carboxylic acids is 1. The SMILES string of the molecule is Cc1scnc1C(O)CC(=O)O. The zero-order valence-electron chi connectivity index (χ0n) is 6.52. The minimum Gasteiger partial charge on any atom is -0.481 e. The number of aliphatic hydroxyl groups is 1. The zero-order chi connectivity index (χ0) is 9.14. The second-order valence-electron chi connectivity index (χ2n) is 2.41. The summed E-state index contributed by atoms with van der Waals surface area (Å²) in [4.78, 5) is 15.0. The fraction of sp³-hybridized carbons (Fsp3) is 0.429. The minimum atomic E-state index is -1.02. The molecule has 0 spiro atoms. The van der Waals surface area contributed by atoms with Crippen LogP contribution < -0.4 is 0 Å². The molecule has 66 valence electrons. The molecule has 0 aliphatic heterocycles. The molecule has 0 saturated heterocycles. The van der Waals surface area contributed by atoms with Gasteiger partial charge in [0.1, 0.15) is 6.10 Å². The van der Waals surface area contributed by atoms with E-state index >= 15 is 0 Å². The van der Waals surface area contributed by atoms with Gasteiger partial charge in [-0.05, 0) is 6.92 Å². The van der Waals surface area contributed by atoms with E-state index < -0.39 is 12.1 Å². The number of nitrogens with zero attached hydrogens (tertiary/aromatic N) is 1. The van der Waals surface area contributed by atoms with Crippen molar-refractivity contribution in [3.63, 3.8) is 0 Å². The topological polar surface area (TPSA) is 70.4 Å². The highest BCUT2D eigenvalue weighted by molar-refractivity contribution is 7.09. The summed E-state index contributed by atoms with van der Waals surface area (Å²) >= 11 is 1.40. The molecular formula is C7H9NO3S. The molecule has 12 heavy (non-hydrogen) atoms. The average Bonchev–Trinajstić information content (AvgIpc) is 2.33. The van der Waals surface area contributed by atoms with Crippen LogP contribution in [0.15, 0.2) is 5.51 Å². The van der Waals surface area contributed by atoms with Crippen LogP contribution in [0.2, 0.25) is 0 Å². The number of aromatic nitrogens is 1. The van der Waals surface area contributed by atoms with E-state index in [1.54, 1.807) is 12.4 Å². The minimum absolute atomic E-state index is 0.287. The Balaban J connectivity index is 2.71. The molecule has 1 heterocycles.